The molecule has 1 unspecified atom stereocenters. The number of hydrogen-bond acceptors (Lipinski definition) is 4. The third-order valence-electron chi connectivity index (χ3n) is 5.17. The molecule has 0 radical (unpaired) electrons. The fraction of sp³-hybridized carbons (Fsp3) is 0.292. The van der Waals surface area contributed by atoms with Crippen molar-refractivity contribution in [1.29, 1.82) is 0 Å². The van der Waals surface area contributed by atoms with E-state index in [2.05, 4.69) is 17.2 Å². The van der Waals surface area contributed by atoms with Gasteiger partial charge in [0.25, 0.3) is 0 Å². The SMILES string of the molecule is CC#CCC(NC(=O)OCC1c2ccccc2-c2ccccc21)C(=O)N(C)CC(=O)O. The summed E-state index contributed by atoms with van der Waals surface area (Å²) < 4.78 is 5.48. The first-order valence-electron chi connectivity index (χ1n) is 9.90. The molecule has 160 valence electrons. The van der Waals surface area contributed by atoms with E-state index in [0.717, 1.165) is 27.2 Å². The molecule has 1 atom stereocenters. The van der Waals surface area contributed by atoms with Crippen molar-refractivity contribution in [2.24, 2.45) is 0 Å². The van der Waals surface area contributed by atoms with Gasteiger partial charge in [-0.2, -0.15) is 0 Å². The number of nitrogens with one attached hydrogen (secondary N) is 1. The molecule has 7 nitrogen and oxygen atoms in total. The Morgan fingerprint density at radius 1 is 1.10 bits per heavy atom. The fourth-order valence-electron chi connectivity index (χ4n) is 3.73. The molecule has 0 spiro atoms. The topological polar surface area (TPSA) is 95.9 Å². The second kappa shape index (κ2) is 9.81. The number of ether oxygens (including phenoxy) is 1. The minimum atomic E-state index is -1.14. The molecular weight excluding hydrogens is 396 g/mol. The van der Waals surface area contributed by atoms with Gasteiger partial charge in [-0.05, 0) is 29.2 Å². The molecule has 2 amide bonds. The number of carbonyl (C=O) groups is 3. The van der Waals surface area contributed by atoms with Gasteiger partial charge >= 0.3 is 12.1 Å². The minimum Gasteiger partial charge on any atom is -0.480 e. The monoisotopic (exact) mass is 420 g/mol. The highest BCUT2D eigenvalue weighted by molar-refractivity contribution is 5.88. The van der Waals surface area contributed by atoms with E-state index in [1.807, 2.05) is 48.5 Å². The Labute approximate surface area is 181 Å². The van der Waals surface area contributed by atoms with E-state index in [-0.39, 0.29) is 18.9 Å². The first-order chi connectivity index (χ1) is 14.9. The summed E-state index contributed by atoms with van der Waals surface area (Å²) in [5.41, 5.74) is 4.41. The van der Waals surface area contributed by atoms with Crippen LogP contribution in [0.5, 0.6) is 0 Å². The summed E-state index contributed by atoms with van der Waals surface area (Å²) in [5.74, 6) is 3.64. The standard InChI is InChI=1S/C24H24N2O5/c1-3-4-13-21(23(29)26(2)14-22(27)28)25-24(30)31-15-20-18-11-7-5-9-16(18)17-10-6-8-12-19(17)20/h5-12,20-21H,13-15H2,1-2H3,(H,25,30)(H,27,28). The first-order valence-corrected chi connectivity index (χ1v) is 9.90. The zero-order valence-electron chi connectivity index (χ0n) is 17.4. The van der Waals surface area contributed by atoms with Crippen molar-refractivity contribution < 1.29 is 24.2 Å². The maximum absolute atomic E-state index is 12.5. The van der Waals surface area contributed by atoms with Gasteiger partial charge in [-0.3, -0.25) is 9.59 Å². The van der Waals surface area contributed by atoms with Crippen molar-refractivity contribution >= 4 is 18.0 Å². The molecule has 0 aliphatic heterocycles. The molecule has 2 aromatic carbocycles. The Balaban J connectivity index is 1.68. The number of likely N-dealkylation sites (N-methyl/N-ethyl adjacent to an activating group) is 1. The number of carboxylic acid groups (broad SMARTS) is 1. The largest absolute Gasteiger partial charge is 0.480 e. The normalized spacial score (nSPS) is 12.6. The molecule has 0 heterocycles. The van der Waals surface area contributed by atoms with Gasteiger partial charge in [-0.1, -0.05) is 48.5 Å². The maximum atomic E-state index is 12.5. The number of benzene rings is 2. The number of fused-ring (bicyclic) bond motifs is 3. The molecule has 2 N–H and O–H groups in total. The Hall–Kier alpha value is -3.79. The van der Waals surface area contributed by atoms with Gasteiger partial charge in [0.15, 0.2) is 0 Å². The van der Waals surface area contributed by atoms with E-state index < -0.39 is 30.6 Å². The molecule has 7 heteroatoms. The number of hydrogen-bond donors (Lipinski definition) is 2. The molecule has 1 aliphatic carbocycles. The number of alkyl carbamates (subject to hydrolysis) is 1. The van der Waals surface area contributed by atoms with E-state index in [0.29, 0.717) is 0 Å². The molecule has 0 aromatic heterocycles. The van der Waals surface area contributed by atoms with E-state index >= 15 is 0 Å². The van der Waals surface area contributed by atoms with Crippen molar-refractivity contribution in [1.82, 2.24) is 10.2 Å². The van der Waals surface area contributed by atoms with Gasteiger partial charge in [0, 0.05) is 19.4 Å². The van der Waals surface area contributed by atoms with Crippen molar-refractivity contribution in [3.05, 3.63) is 59.7 Å². The third-order valence-corrected chi connectivity index (χ3v) is 5.17. The van der Waals surface area contributed by atoms with Crippen LogP contribution in [-0.2, 0) is 14.3 Å². The third kappa shape index (κ3) is 5.04. The number of amides is 2. The summed E-state index contributed by atoms with van der Waals surface area (Å²) in [5, 5.41) is 11.4. The Kier molecular flexibility index (Phi) is 6.93. The van der Waals surface area contributed by atoms with Crippen LogP contribution in [-0.4, -0.2) is 54.2 Å². The van der Waals surface area contributed by atoms with E-state index in [4.69, 9.17) is 9.84 Å². The smallest absolute Gasteiger partial charge is 0.407 e. The van der Waals surface area contributed by atoms with E-state index in [1.54, 1.807) is 6.92 Å². The van der Waals surface area contributed by atoms with Crippen LogP contribution in [0.2, 0.25) is 0 Å². The predicted octanol–water partition coefficient (Wildman–Crippen LogP) is 2.85. The summed E-state index contributed by atoms with van der Waals surface area (Å²) >= 11 is 0. The molecule has 31 heavy (non-hydrogen) atoms. The van der Waals surface area contributed by atoms with Gasteiger partial charge in [0.2, 0.25) is 5.91 Å². The lowest BCUT2D eigenvalue weighted by Gasteiger charge is -2.22. The number of carboxylic acids is 1. The Morgan fingerprint density at radius 2 is 1.68 bits per heavy atom. The second-order valence-electron chi connectivity index (χ2n) is 7.24. The Morgan fingerprint density at radius 3 is 2.23 bits per heavy atom. The number of rotatable bonds is 7. The van der Waals surface area contributed by atoms with Crippen molar-refractivity contribution in [3.8, 4) is 23.0 Å². The molecule has 2 aromatic rings. The molecule has 0 bridgehead atoms. The zero-order chi connectivity index (χ0) is 22.4. The second-order valence-corrected chi connectivity index (χ2v) is 7.24. The Bertz CT molecular complexity index is 1010. The van der Waals surface area contributed by atoms with E-state index in [9.17, 15) is 14.4 Å². The highest BCUT2D eigenvalue weighted by Crippen LogP contribution is 2.44. The van der Waals surface area contributed by atoms with Crippen LogP contribution < -0.4 is 5.32 Å². The summed E-state index contributed by atoms with van der Waals surface area (Å²) in [4.78, 5) is 36.9. The van der Waals surface area contributed by atoms with Crippen LogP contribution in [0, 0.1) is 11.8 Å². The molecule has 0 fully saturated rings. The lowest BCUT2D eigenvalue weighted by molar-refractivity contribution is -0.144. The minimum absolute atomic E-state index is 0.0590. The van der Waals surface area contributed by atoms with E-state index in [1.165, 1.54) is 7.05 Å². The average Bonchev–Trinajstić information content (AvgIpc) is 3.08. The van der Waals surface area contributed by atoms with Crippen molar-refractivity contribution in [2.45, 2.75) is 25.3 Å². The van der Waals surface area contributed by atoms with Crippen LogP contribution in [0.25, 0.3) is 11.1 Å². The lowest BCUT2D eigenvalue weighted by atomic mass is 9.98. The average molecular weight is 420 g/mol. The predicted molar refractivity (Wildman–Crippen MR) is 115 cm³/mol. The van der Waals surface area contributed by atoms with Gasteiger partial charge in [0.05, 0.1) is 0 Å². The molecule has 3 rings (SSSR count). The zero-order valence-corrected chi connectivity index (χ0v) is 17.4. The maximum Gasteiger partial charge on any atom is 0.407 e. The number of aliphatic carboxylic acids is 1. The summed E-state index contributed by atoms with van der Waals surface area (Å²) in [6.45, 7) is 1.27. The highest BCUT2D eigenvalue weighted by Gasteiger charge is 2.30. The number of carbonyl (C=O) groups excluding carboxylic acids is 2. The van der Waals surface area contributed by atoms with Crippen molar-refractivity contribution in [2.75, 3.05) is 20.2 Å². The molecule has 0 saturated carbocycles. The lowest BCUT2D eigenvalue weighted by Crippen LogP contribution is -2.48. The molecular formula is C24H24N2O5. The molecule has 1 aliphatic rings. The molecule has 0 saturated heterocycles. The summed E-state index contributed by atoms with van der Waals surface area (Å²) in [7, 11) is 1.36. The van der Waals surface area contributed by atoms with Crippen LogP contribution in [0.15, 0.2) is 48.5 Å². The first kappa shape index (κ1) is 21.9. The summed E-state index contributed by atoms with van der Waals surface area (Å²) in [6, 6.07) is 15.0. The number of nitrogens with zero attached hydrogens (tertiary/aromatic N) is 1. The summed E-state index contributed by atoms with van der Waals surface area (Å²) in [6.07, 6.45) is -0.689. The van der Waals surface area contributed by atoms with Crippen LogP contribution in [0.4, 0.5) is 4.79 Å². The van der Waals surface area contributed by atoms with Gasteiger partial charge in [0.1, 0.15) is 19.2 Å². The van der Waals surface area contributed by atoms with Crippen LogP contribution in [0.3, 0.4) is 0 Å². The van der Waals surface area contributed by atoms with Crippen molar-refractivity contribution in [3.63, 3.8) is 0 Å². The highest BCUT2D eigenvalue weighted by atomic mass is 16.5. The van der Waals surface area contributed by atoms with Crippen LogP contribution in [0.1, 0.15) is 30.4 Å². The van der Waals surface area contributed by atoms with Gasteiger partial charge in [-0.15, -0.1) is 11.8 Å². The van der Waals surface area contributed by atoms with Gasteiger partial charge < -0.3 is 20.1 Å². The van der Waals surface area contributed by atoms with Crippen LogP contribution >= 0.6 is 0 Å². The quantitative estimate of drug-likeness (QED) is 0.672. The fourth-order valence-corrected chi connectivity index (χ4v) is 3.73. The van der Waals surface area contributed by atoms with Gasteiger partial charge in [-0.25, -0.2) is 4.79 Å².